The molecule has 6 nitrogen and oxygen atoms in total. The van der Waals surface area contributed by atoms with E-state index in [4.69, 9.17) is 16.3 Å². The molecule has 1 aromatic heterocycles. The van der Waals surface area contributed by atoms with Gasteiger partial charge in [0.05, 0.1) is 7.11 Å². The van der Waals surface area contributed by atoms with Crippen LogP contribution in [-0.2, 0) is 0 Å². The number of hydrogen-bond acceptors (Lipinski definition) is 4. The van der Waals surface area contributed by atoms with Crippen LogP contribution in [-0.4, -0.2) is 23.1 Å². The van der Waals surface area contributed by atoms with Crippen LogP contribution in [0.15, 0.2) is 30.3 Å². The third kappa shape index (κ3) is 5.57. The Morgan fingerprint density at radius 3 is 2.32 bits per heavy atom. The van der Waals surface area contributed by atoms with Crippen LogP contribution < -0.4 is 15.4 Å². The number of nitrogens with zero attached hydrogens (tertiary/aromatic N) is 2. The predicted octanol–water partition coefficient (Wildman–Crippen LogP) is 4.12. The molecule has 2 amide bonds. The van der Waals surface area contributed by atoms with Crippen LogP contribution in [0.2, 0.25) is 5.15 Å². The van der Waals surface area contributed by atoms with E-state index in [0.717, 1.165) is 0 Å². The highest BCUT2D eigenvalue weighted by molar-refractivity contribution is 6.29. The highest BCUT2D eigenvalue weighted by Crippen LogP contribution is 2.15. The molecule has 0 radical (unpaired) electrons. The quantitative estimate of drug-likeness (QED) is 0.833. The van der Waals surface area contributed by atoms with E-state index in [0.29, 0.717) is 17.1 Å². The third-order valence-electron chi connectivity index (χ3n) is 2.40. The molecule has 1 heterocycles. The normalized spacial score (nSPS) is 9.32. The van der Waals surface area contributed by atoms with E-state index in [1.165, 1.54) is 0 Å². The SMILES string of the molecule is CC.COc1ccc(NC(=O)Nc2nc(C)cc(Cl)n2)cc1. The Bertz CT molecular complexity index is 597. The van der Waals surface area contributed by atoms with Crippen LogP contribution in [0.25, 0.3) is 0 Å². The standard InChI is InChI=1S/C13H13ClN4O2.C2H6/c1-8-7-11(14)17-12(15-8)18-13(19)16-9-3-5-10(20-2)6-4-9;1-2/h3-7H,1-2H3,(H2,15,16,17,18,19);1-2H3. The Labute approximate surface area is 134 Å². The maximum absolute atomic E-state index is 11.8. The minimum atomic E-state index is -0.447. The lowest BCUT2D eigenvalue weighted by atomic mass is 10.3. The van der Waals surface area contributed by atoms with Gasteiger partial charge in [0.1, 0.15) is 10.9 Å². The van der Waals surface area contributed by atoms with Gasteiger partial charge in [0, 0.05) is 11.4 Å². The van der Waals surface area contributed by atoms with Gasteiger partial charge in [-0.1, -0.05) is 25.4 Å². The summed E-state index contributed by atoms with van der Waals surface area (Å²) >= 11 is 5.79. The summed E-state index contributed by atoms with van der Waals surface area (Å²) in [6.07, 6.45) is 0. The average Bonchev–Trinajstić information content (AvgIpc) is 2.49. The number of benzene rings is 1. The summed E-state index contributed by atoms with van der Waals surface area (Å²) in [4.78, 5) is 19.7. The Kier molecular flexibility index (Phi) is 7.12. The highest BCUT2D eigenvalue weighted by Gasteiger charge is 2.06. The van der Waals surface area contributed by atoms with Gasteiger partial charge in [-0.15, -0.1) is 0 Å². The lowest BCUT2D eigenvalue weighted by Crippen LogP contribution is -2.21. The zero-order valence-electron chi connectivity index (χ0n) is 13.0. The van der Waals surface area contributed by atoms with Crippen molar-refractivity contribution in [1.82, 2.24) is 9.97 Å². The maximum atomic E-state index is 11.8. The lowest BCUT2D eigenvalue weighted by molar-refractivity contribution is 0.262. The summed E-state index contributed by atoms with van der Waals surface area (Å²) in [5, 5.41) is 5.44. The van der Waals surface area contributed by atoms with Gasteiger partial charge < -0.3 is 10.1 Å². The van der Waals surface area contributed by atoms with Gasteiger partial charge >= 0.3 is 6.03 Å². The number of nitrogens with one attached hydrogen (secondary N) is 2. The van der Waals surface area contributed by atoms with Crippen LogP contribution in [0.5, 0.6) is 5.75 Å². The first kappa shape index (κ1) is 17.7. The number of rotatable bonds is 3. The Hall–Kier alpha value is -2.34. The molecule has 0 aliphatic rings. The minimum absolute atomic E-state index is 0.154. The molecule has 0 saturated heterocycles. The molecule has 0 aliphatic heterocycles. The molecule has 1 aromatic carbocycles. The van der Waals surface area contributed by atoms with Crippen molar-refractivity contribution < 1.29 is 9.53 Å². The Morgan fingerprint density at radius 2 is 1.77 bits per heavy atom. The molecule has 2 N–H and O–H groups in total. The number of amides is 2. The van der Waals surface area contributed by atoms with E-state index in [1.807, 2.05) is 13.8 Å². The molecule has 2 aromatic rings. The van der Waals surface area contributed by atoms with Crippen molar-refractivity contribution >= 4 is 29.3 Å². The second-order valence-corrected chi connectivity index (χ2v) is 4.35. The molecule has 0 fully saturated rings. The van der Waals surface area contributed by atoms with Gasteiger partial charge in [0.25, 0.3) is 0 Å². The van der Waals surface area contributed by atoms with Gasteiger partial charge in [-0.3, -0.25) is 5.32 Å². The molecular weight excluding hydrogens is 304 g/mol. The number of halogens is 1. The average molecular weight is 323 g/mol. The van der Waals surface area contributed by atoms with Gasteiger partial charge in [0.15, 0.2) is 0 Å². The fraction of sp³-hybridized carbons (Fsp3) is 0.267. The molecule has 0 bridgehead atoms. The van der Waals surface area contributed by atoms with Crippen LogP contribution in [0.1, 0.15) is 19.5 Å². The molecule has 0 aliphatic carbocycles. The van der Waals surface area contributed by atoms with E-state index in [2.05, 4.69) is 20.6 Å². The van der Waals surface area contributed by atoms with Gasteiger partial charge in [-0.2, -0.15) is 0 Å². The largest absolute Gasteiger partial charge is 0.497 e. The number of methoxy groups -OCH3 is 1. The molecule has 0 unspecified atom stereocenters. The molecule has 7 heteroatoms. The summed E-state index contributed by atoms with van der Waals surface area (Å²) in [5.74, 6) is 0.866. The molecule has 118 valence electrons. The second kappa shape index (κ2) is 8.84. The van der Waals surface area contributed by atoms with Crippen molar-refractivity contribution in [3.05, 3.63) is 41.2 Å². The highest BCUT2D eigenvalue weighted by atomic mass is 35.5. The van der Waals surface area contributed by atoms with E-state index in [1.54, 1.807) is 44.4 Å². The number of urea groups is 1. The molecule has 22 heavy (non-hydrogen) atoms. The van der Waals surface area contributed by atoms with Crippen LogP contribution in [0.4, 0.5) is 16.4 Å². The first-order valence-electron chi connectivity index (χ1n) is 6.80. The summed E-state index contributed by atoms with van der Waals surface area (Å²) in [6, 6.07) is 8.10. The van der Waals surface area contributed by atoms with E-state index in [9.17, 15) is 4.79 Å². The zero-order valence-corrected chi connectivity index (χ0v) is 13.7. The Balaban J connectivity index is 0.00000116. The fourth-order valence-corrected chi connectivity index (χ4v) is 1.76. The smallest absolute Gasteiger partial charge is 0.326 e. The first-order chi connectivity index (χ1) is 10.6. The number of ether oxygens (including phenoxy) is 1. The van der Waals surface area contributed by atoms with Crippen molar-refractivity contribution in [2.45, 2.75) is 20.8 Å². The van der Waals surface area contributed by atoms with Crippen molar-refractivity contribution in [3.63, 3.8) is 0 Å². The van der Waals surface area contributed by atoms with Crippen LogP contribution in [0, 0.1) is 6.92 Å². The van der Waals surface area contributed by atoms with Crippen molar-refractivity contribution in [2.75, 3.05) is 17.7 Å². The molecular formula is C15H19ClN4O2. The number of hydrogen-bond donors (Lipinski definition) is 2. The van der Waals surface area contributed by atoms with Crippen molar-refractivity contribution in [1.29, 1.82) is 0 Å². The number of aromatic nitrogens is 2. The summed E-state index contributed by atoms with van der Waals surface area (Å²) in [5.41, 5.74) is 1.30. The monoisotopic (exact) mass is 322 g/mol. The maximum Gasteiger partial charge on any atom is 0.326 e. The first-order valence-corrected chi connectivity index (χ1v) is 7.18. The molecule has 0 saturated carbocycles. The van der Waals surface area contributed by atoms with E-state index < -0.39 is 6.03 Å². The zero-order chi connectivity index (χ0) is 16.5. The van der Waals surface area contributed by atoms with E-state index in [-0.39, 0.29) is 11.1 Å². The minimum Gasteiger partial charge on any atom is -0.497 e. The topological polar surface area (TPSA) is 76.1 Å². The number of aryl methyl sites for hydroxylation is 1. The lowest BCUT2D eigenvalue weighted by Gasteiger charge is -2.07. The molecule has 0 atom stereocenters. The number of carbonyl (C=O) groups is 1. The summed E-state index contributed by atoms with van der Waals surface area (Å²) in [7, 11) is 1.58. The molecule has 0 spiro atoms. The van der Waals surface area contributed by atoms with Crippen molar-refractivity contribution in [3.8, 4) is 5.75 Å². The van der Waals surface area contributed by atoms with E-state index >= 15 is 0 Å². The fourth-order valence-electron chi connectivity index (χ4n) is 1.52. The number of anilines is 2. The third-order valence-corrected chi connectivity index (χ3v) is 2.59. The van der Waals surface area contributed by atoms with Crippen LogP contribution in [0.3, 0.4) is 0 Å². The van der Waals surface area contributed by atoms with Gasteiger partial charge in [-0.05, 0) is 37.3 Å². The van der Waals surface area contributed by atoms with Crippen LogP contribution >= 0.6 is 11.6 Å². The Morgan fingerprint density at radius 1 is 1.14 bits per heavy atom. The summed E-state index contributed by atoms with van der Waals surface area (Å²) in [6.45, 7) is 5.76. The summed E-state index contributed by atoms with van der Waals surface area (Å²) < 4.78 is 5.03. The predicted molar refractivity (Wildman–Crippen MR) is 88.8 cm³/mol. The van der Waals surface area contributed by atoms with Crippen molar-refractivity contribution in [2.24, 2.45) is 0 Å². The second-order valence-electron chi connectivity index (χ2n) is 3.96. The van der Waals surface area contributed by atoms with Gasteiger partial charge in [-0.25, -0.2) is 14.8 Å². The van der Waals surface area contributed by atoms with Gasteiger partial charge in [0.2, 0.25) is 5.95 Å². The number of carbonyl (C=O) groups excluding carboxylic acids is 1. The molecule has 2 rings (SSSR count).